The summed E-state index contributed by atoms with van der Waals surface area (Å²) in [4.78, 5) is 16.7. The van der Waals surface area contributed by atoms with Crippen LogP contribution < -0.4 is 10.1 Å². The van der Waals surface area contributed by atoms with Crippen LogP contribution in [-0.4, -0.2) is 49.5 Å². The van der Waals surface area contributed by atoms with Gasteiger partial charge in [-0.3, -0.25) is 4.79 Å². The number of nitrogens with one attached hydrogen (secondary N) is 1. The van der Waals surface area contributed by atoms with Gasteiger partial charge < -0.3 is 14.6 Å². The second kappa shape index (κ2) is 9.06. The van der Waals surface area contributed by atoms with E-state index in [1.54, 1.807) is 0 Å². The van der Waals surface area contributed by atoms with Gasteiger partial charge in [0.25, 0.3) is 5.91 Å². The summed E-state index contributed by atoms with van der Waals surface area (Å²) in [5.41, 5.74) is 0.963. The van der Waals surface area contributed by atoms with Crippen LogP contribution in [0.15, 0.2) is 57.9 Å². The van der Waals surface area contributed by atoms with Gasteiger partial charge in [0.2, 0.25) is 21.7 Å². The number of aromatic nitrogens is 2. The van der Waals surface area contributed by atoms with Crippen molar-refractivity contribution in [2.75, 3.05) is 20.7 Å². The van der Waals surface area contributed by atoms with Crippen molar-refractivity contribution in [2.45, 2.75) is 18.4 Å². The Hall–Kier alpha value is -3.24. The Morgan fingerprint density at radius 2 is 1.90 bits per heavy atom. The Kier molecular flexibility index (Phi) is 6.48. The van der Waals surface area contributed by atoms with Crippen LogP contribution in [0.1, 0.15) is 23.2 Å². The first-order valence-corrected chi connectivity index (χ1v) is 10.6. The van der Waals surface area contributed by atoms with Gasteiger partial charge in [-0.1, -0.05) is 11.2 Å². The molecule has 0 saturated heterocycles. The predicted molar refractivity (Wildman–Crippen MR) is 109 cm³/mol. The Morgan fingerprint density at radius 3 is 2.57 bits per heavy atom. The number of hydrogen-bond donors (Lipinski definition) is 1. The average Bonchev–Trinajstić information content (AvgIpc) is 3.22. The van der Waals surface area contributed by atoms with Gasteiger partial charge in [0.15, 0.2) is 0 Å². The van der Waals surface area contributed by atoms with E-state index in [1.165, 1.54) is 38.4 Å². The first kappa shape index (κ1) is 21.5. The van der Waals surface area contributed by atoms with Gasteiger partial charge in [-0.25, -0.2) is 12.7 Å². The molecule has 3 rings (SSSR count). The van der Waals surface area contributed by atoms with Gasteiger partial charge in [-0.2, -0.15) is 4.98 Å². The number of rotatable bonds is 8. The van der Waals surface area contributed by atoms with Crippen LogP contribution in [0.5, 0.6) is 5.75 Å². The lowest BCUT2D eigenvalue weighted by Crippen LogP contribution is -2.25. The molecule has 3 aromatic rings. The number of amides is 1. The highest BCUT2D eigenvalue weighted by Gasteiger charge is 2.19. The molecule has 0 aliphatic carbocycles. The van der Waals surface area contributed by atoms with E-state index in [0.717, 1.165) is 15.6 Å². The fourth-order valence-electron chi connectivity index (χ4n) is 2.58. The summed E-state index contributed by atoms with van der Waals surface area (Å²) in [7, 11) is -0.770. The van der Waals surface area contributed by atoms with E-state index in [4.69, 9.17) is 9.26 Å². The normalized spacial score (nSPS) is 11.5. The van der Waals surface area contributed by atoms with Gasteiger partial charge in [-0.05, 0) is 49.4 Å². The highest BCUT2D eigenvalue weighted by molar-refractivity contribution is 7.89. The Labute approximate surface area is 174 Å². The molecule has 0 spiro atoms. The number of carbonyl (C=O) groups is 1. The molecule has 2 aromatic carbocycles. The Bertz CT molecular complexity index is 1120. The van der Waals surface area contributed by atoms with Crippen LogP contribution in [0, 0.1) is 0 Å². The predicted octanol–water partition coefficient (Wildman–Crippen LogP) is 2.32. The third-order valence-electron chi connectivity index (χ3n) is 4.17. The molecule has 1 heterocycles. The molecule has 0 saturated carbocycles. The van der Waals surface area contributed by atoms with Crippen LogP contribution in [0.3, 0.4) is 0 Å². The summed E-state index contributed by atoms with van der Waals surface area (Å²) >= 11 is 0. The zero-order valence-electron chi connectivity index (χ0n) is 16.8. The lowest BCUT2D eigenvalue weighted by molar-refractivity contribution is 0.0946. The fraction of sp³-hybridized carbons (Fsp3) is 0.250. The summed E-state index contributed by atoms with van der Waals surface area (Å²) in [5.74, 6) is 0.910. The molecule has 158 valence electrons. The maximum atomic E-state index is 12.4. The summed E-state index contributed by atoms with van der Waals surface area (Å²) in [6.07, 6.45) is 0. The molecule has 0 unspecified atom stereocenters. The van der Waals surface area contributed by atoms with Crippen LogP contribution >= 0.6 is 0 Å². The first-order chi connectivity index (χ1) is 14.3. The van der Waals surface area contributed by atoms with Crippen LogP contribution in [0.25, 0.3) is 11.4 Å². The van der Waals surface area contributed by atoms with E-state index < -0.39 is 15.9 Å². The standard InChI is InChI=1S/C20H22N4O5S/c1-4-28-16-10-8-14(9-11-16)19-22-18(29-23-19)13-21-20(25)15-6-5-7-17(12-15)30(26,27)24(2)3/h5-12H,4,13H2,1-3H3,(H,21,25). The molecular weight excluding hydrogens is 408 g/mol. The van der Waals surface area contributed by atoms with Crippen molar-refractivity contribution in [3.63, 3.8) is 0 Å². The van der Waals surface area contributed by atoms with Crippen molar-refractivity contribution in [1.29, 1.82) is 0 Å². The van der Waals surface area contributed by atoms with E-state index >= 15 is 0 Å². The van der Waals surface area contributed by atoms with Crippen molar-refractivity contribution in [3.8, 4) is 17.1 Å². The number of ether oxygens (including phenoxy) is 1. The van der Waals surface area contributed by atoms with Crippen LogP contribution in [-0.2, 0) is 16.6 Å². The van der Waals surface area contributed by atoms with E-state index in [0.29, 0.717) is 12.4 Å². The molecule has 0 bridgehead atoms. The molecular formula is C20H22N4O5S. The monoisotopic (exact) mass is 430 g/mol. The van der Waals surface area contributed by atoms with E-state index in [1.807, 2.05) is 31.2 Å². The molecule has 0 aliphatic heterocycles. The quantitative estimate of drug-likeness (QED) is 0.583. The third kappa shape index (κ3) is 4.84. The molecule has 0 radical (unpaired) electrons. The highest BCUT2D eigenvalue weighted by Crippen LogP contribution is 2.20. The van der Waals surface area contributed by atoms with Crippen LogP contribution in [0.4, 0.5) is 0 Å². The van der Waals surface area contributed by atoms with Gasteiger partial charge in [0.1, 0.15) is 5.75 Å². The lowest BCUT2D eigenvalue weighted by atomic mass is 10.2. The minimum absolute atomic E-state index is 0.00746. The van der Waals surface area contributed by atoms with E-state index in [2.05, 4.69) is 15.5 Å². The van der Waals surface area contributed by atoms with Gasteiger partial charge >= 0.3 is 0 Å². The number of hydrogen-bond acceptors (Lipinski definition) is 7. The smallest absolute Gasteiger partial charge is 0.251 e. The second-order valence-electron chi connectivity index (χ2n) is 6.47. The number of benzene rings is 2. The van der Waals surface area contributed by atoms with Gasteiger partial charge in [-0.15, -0.1) is 0 Å². The van der Waals surface area contributed by atoms with Crippen LogP contribution in [0.2, 0.25) is 0 Å². The molecule has 1 amide bonds. The number of nitrogens with zero attached hydrogens (tertiary/aromatic N) is 3. The van der Waals surface area contributed by atoms with Crippen molar-refractivity contribution in [1.82, 2.24) is 19.8 Å². The van der Waals surface area contributed by atoms with E-state index in [9.17, 15) is 13.2 Å². The maximum Gasteiger partial charge on any atom is 0.251 e. The van der Waals surface area contributed by atoms with Crippen molar-refractivity contribution >= 4 is 15.9 Å². The van der Waals surface area contributed by atoms with Crippen molar-refractivity contribution < 1.29 is 22.5 Å². The largest absolute Gasteiger partial charge is 0.494 e. The fourth-order valence-corrected chi connectivity index (χ4v) is 3.53. The SMILES string of the molecule is CCOc1ccc(-c2noc(CNC(=O)c3cccc(S(=O)(=O)N(C)C)c3)n2)cc1. The molecule has 10 heteroatoms. The molecule has 1 N–H and O–H groups in total. The molecule has 9 nitrogen and oxygen atoms in total. The highest BCUT2D eigenvalue weighted by atomic mass is 32.2. The zero-order valence-corrected chi connectivity index (χ0v) is 17.6. The Balaban J connectivity index is 1.66. The Morgan fingerprint density at radius 1 is 1.17 bits per heavy atom. The summed E-state index contributed by atoms with van der Waals surface area (Å²) in [6.45, 7) is 2.49. The molecule has 0 aliphatic rings. The second-order valence-corrected chi connectivity index (χ2v) is 8.62. The summed E-state index contributed by atoms with van der Waals surface area (Å²) in [5, 5.41) is 6.57. The van der Waals surface area contributed by atoms with Gasteiger partial charge in [0.05, 0.1) is 18.0 Å². The summed E-state index contributed by atoms with van der Waals surface area (Å²) in [6, 6.07) is 13.1. The summed E-state index contributed by atoms with van der Waals surface area (Å²) < 4.78 is 36.1. The van der Waals surface area contributed by atoms with E-state index in [-0.39, 0.29) is 22.9 Å². The average molecular weight is 430 g/mol. The van der Waals surface area contributed by atoms with Crippen molar-refractivity contribution in [3.05, 3.63) is 60.0 Å². The third-order valence-corrected chi connectivity index (χ3v) is 5.98. The molecule has 0 atom stereocenters. The molecule has 1 aromatic heterocycles. The molecule has 0 fully saturated rings. The minimum Gasteiger partial charge on any atom is -0.494 e. The minimum atomic E-state index is -3.63. The number of carbonyl (C=O) groups excluding carboxylic acids is 1. The molecule has 30 heavy (non-hydrogen) atoms. The van der Waals surface area contributed by atoms with Crippen molar-refractivity contribution in [2.24, 2.45) is 0 Å². The zero-order chi connectivity index (χ0) is 21.7. The lowest BCUT2D eigenvalue weighted by Gasteiger charge is -2.12. The maximum absolute atomic E-state index is 12.4. The number of sulfonamides is 1. The first-order valence-electron chi connectivity index (χ1n) is 9.18. The topological polar surface area (TPSA) is 115 Å². The van der Waals surface area contributed by atoms with Gasteiger partial charge in [0, 0.05) is 25.2 Å².